The molecule has 0 aliphatic heterocycles. The minimum Gasteiger partial charge on any atom is -0.507 e. The molecule has 0 aliphatic rings. The van der Waals surface area contributed by atoms with E-state index in [2.05, 4.69) is 0 Å². The van der Waals surface area contributed by atoms with E-state index in [9.17, 15) is 13.9 Å². The van der Waals surface area contributed by atoms with Crippen molar-refractivity contribution >= 4 is 0 Å². The molecule has 21 heavy (non-hydrogen) atoms. The third-order valence-electron chi connectivity index (χ3n) is 3.33. The van der Waals surface area contributed by atoms with Gasteiger partial charge in [-0.25, -0.2) is 8.78 Å². The first-order chi connectivity index (χ1) is 10.1. The molecule has 104 valence electrons. The van der Waals surface area contributed by atoms with Crippen molar-refractivity contribution in [3.8, 4) is 28.0 Å². The topological polar surface area (TPSA) is 20.2 Å². The maximum absolute atomic E-state index is 13.1. The molecule has 3 heteroatoms. The molecule has 1 N–H and O–H groups in total. The Labute approximate surface area is 121 Å². The molecule has 0 spiro atoms. The summed E-state index contributed by atoms with van der Waals surface area (Å²) >= 11 is 0. The number of rotatable bonds is 2. The van der Waals surface area contributed by atoms with E-state index in [4.69, 9.17) is 0 Å². The molecule has 0 aromatic heterocycles. The zero-order valence-electron chi connectivity index (χ0n) is 11.1. The van der Waals surface area contributed by atoms with Crippen molar-refractivity contribution in [2.75, 3.05) is 0 Å². The van der Waals surface area contributed by atoms with Crippen molar-refractivity contribution in [1.29, 1.82) is 0 Å². The smallest absolute Gasteiger partial charge is 0.124 e. The van der Waals surface area contributed by atoms with E-state index in [0.717, 1.165) is 11.1 Å². The van der Waals surface area contributed by atoms with Crippen LogP contribution in [-0.2, 0) is 0 Å². The number of hydrogen-bond donors (Lipinski definition) is 1. The van der Waals surface area contributed by atoms with Crippen LogP contribution in [0.25, 0.3) is 22.3 Å². The normalized spacial score (nSPS) is 10.6. The van der Waals surface area contributed by atoms with E-state index >= 15 is 0 Å². The standard InChI is InChI=1S/C18H12F2O/c19-14-8-4-12(5-9-14)16-2-1-3-17(21)18(16)13-6-10-15(20)11-7-13/h1-11,21H. The van der Waals surface area contributed by atoms with Crippen molar-refractivity contribution in [3.05, 3.63) is 78.4 Å². The first kappa shape index (κ1) is 13.3. The minimum atomic E-state index is -0.336. The molecule has 1 nitrogen and oxygen atoms in total. The molecule has 0 unspecified atom stereocenters. The van der Waals surface area contributed by atoms with Gasteiger partial charge in [0.05, 0.1) is 0 Å². The molecule has 0 bridgehead atoms. The predicted octanol–water partition coefficient (Wildman–Crippen LogP) is 5.00. The second-order valence-corrected chi connectivity index (χ2v) is 4.71. The number of phenolic OH excluding ortho intramolecular Hbond substituents is 1. The lowest BCUT2D eigenvalue weighted by atomic mass is 9.94. The van der Waals surface area contributed by atoms with Gasteiger partial charge in [-0.05, 0) is 47.0 Å². The van der Waals surface area contributed by atoms with Crippen LogP contribution in [0.4, 0.5) is 8.78 Å². The highest BCUT2D eigenvalue weighted by Gasteiger charge is 2.12. The minimum absolute atomic E-state index is 0.100. The molecule has 0 heterocycles. The molecular formula is C18H12F2O. The number of hydrogen-bond acceptors (Lipinski definition) is 1. The van der Waals surface area contributed by atoms with Crippen molar-refractivity contribution < 1.29 is 13.9 Å². The summed E-state index contributed by atoms with van der Waals surface area (Å²) in [7, 11) is 0. The van der Waals surface area contributed by atoms with Crippen LogP contribution in [0.5, 0.6) is 5.75 Å². The van der Waals surface area contributed by atoms with E-state index in [-0.39, 0.29) is 17.4 Å². The van der Waals surface area contributed by atoms with Crippen LogP contribution in [0.1, 0.15) is 0 Å². The zero-order chi connectivity index (χ0) is 14.8. The molecule has 0 atom stereocenters. The summed E-state index contributed by atoms with van der Waals surface area (Å²) in [6, 6.07) is 17.1. The van der Waals surface area contributed by atoms with E-state index < -0.39 is 0 Å². The molecule has 0 amide bonds. The molecule has 0 fully saturated rings. The lowest BCUT2D eigenvalue weighted by Crippen LogP contribution is -1.87. The van der Waals surface area contributed by atoms with Gasteiger partial charge in [-0.1, -0.05) is 36.4 Å². The third-order valence-corrected chi connectivity index (χ3v) is 3.33. The van der Waals surface area contributed by atoms with Gasteiger partial charge < -0.3 is 5.11 Å². The molecule has 0 radical (unpaired) electrons. The fourth-order valence-corrected chi connectivity index (χ4v) is 2.33. The monoisotopic (exact) mass is 282 g/mol. The first-order valence-electron chi connectivity index (χ1n) is 6.49. The highest BCUT2D eigenvalue weighted by atomic mass is 19.1. The third kappa shape index (κ3) is 2.63. The zero-order valence-corrected chi connectivity index (χ0v) is 11.1. The van der Waals surface area contributed by atoms with Crippen LogP contribution in [-0.4, -0.2) is 5.11 Å². The van der Waals surface area contributed by atoms with Gasteiger partial charge in [0, 0.05) is 5.56 Å². The molecular weight excluding hydrogens is 270 g/mol. The van der Waals surface area contributed by atoms with Gasteiger partial charge >= 0.3 is 0 Å². The largest absolute Gasteiger partial charge is 0.507 e. The molecule has 0 saturated carbocycles. The Morgan fingerprint density at radius 1 is 0.619 bits per heavy atom. The Morgan fingerprint density at radius 2 is 1.14 bits per heavy atom. The second-order valence-electron chi connectivity index (χ2n) is 4.71. The Hall–Kier alpha value is -2.68. The van der Waals surface area contributed by atoms with Crippen molar-refractivity contribution in [2.24, 2.45) is 0 Å². The summed E-state index contributed by atoms with van der Waals surface area (Å²) in [4.78, 5) is 0. The Kier molecular flexibility index (Phi) is 3.40. The van der Waals surface area contributed by atoms with Gasteiger partial charge in [0.2, 0.25) is 0 Å². The molecule has 0 saturated heterocycles. The van der Waals surface area contributed by atoms with Crippen LogP contribution in [0.15, 0.2) is 66.7 Å². The van der Waals surface area contributed by atoms with Crippen LogP contribution >= 0.6 is 0 Å². The lowest BCUT2D eigenvalue weighted by Gasteiger charge is -2.12. The number of halogens is 2. The fraction of sp³-hybridized carbons (Fsp3) is 0. The number of benzene rings is 3. The molecule has 3 aromatic rings. The molecule has 0 aliphatic carbocycles. The van der Waals surface area contributed by atoms with Gasteiger partial charge in [-0.3, -0.25) is 0 Å². The Balaban J connectivity index is 2.20. The van der Waals surface area contributed by atoms with Crippen LogP contribution in [0.3, 0.4) is 0 Å². The fourth-order valence-electron chi connectivity index (χ4n) is 2.33. The SMILES string of the molecule is Oc1cccc(-c2ccc(F)cc2)c1-c1ccc(F)cc1. The summed E-state index contributed by atoms with van der Waals surface area (Å²) in [6.45, 7) is 0. The van der Waals surface area contributed by atoms with Gasteiger partial charge in [0.15, 0.2) is 0 Å². The van der Waals surface area contributed by atoms with Gasteiger partial charge in [0.1, 0.15) is 17.4 Å². The van der Waals surface area contributed by atoms with Crippen molar-refractivity contribution in [1.82, 2.24) is 0 Å². The quantitative estimate of drug-likeness (QED) is 0.701. The molecule has 3 rings (SSSR count). The second kappa shape index (κ2) is 5.37. The van der Waals surface area contributed by atoms with Crippen molar-refractivity contribution in [2.45, 2.75) is 0 Å². The highest BCUT2D eigenvalue weighted by molar-refractivity contribution is 5.87. The van der Waals surface area contributed by atoms with E-state index in [1.165, 1.54) is 24.3 Å². The summed E-state index contributed by atoms with van der Waals surface area (Å²) < 4.78 is 26.1. The Morgan fingerprint density at radius 3 is 1.71 bits per heavy atom. The maximum Gasteiger partial charge on any atom is 0.124 e. The van der Waals surface area contributed by atoms with E-state index in [1.54, 1.807) is 36.4 Å². The van der Waals surface area contributed by atoms with E-state index in [0.29, 0.717) is 11.1 Å². The maximum atomic E-state index is 13.1. The van der Waals surface area contributed by atoms with Gasteiger partial charge in [-0.15, -0.1) is 0 Å². The summed E-state index contributed by atoms with van der Waals surface area (Å²) in [6.07, 6.45) is 0. The van der Waals surface area contributed by atoms with Crippen LogP contribution in [0, 0.1) is 11.6 Å². The summed E-state index contributed by atoms with van der Waals surface area (Å²) in [5.74, 6) is -0.553. The van der Waals surface area contributed by atoms with E-state index in [1.807, 2.05) is 6.07 Å². The average Bonchev–Trinajstić information content (AvgIpc) is 2.49. The number of aromatic hydroxyl groups is 1. The predicted molar refractivity (Wildman–Crippen MR) is 78.9 cm³/mol. The van der Waals surface area contributed by atoms with Crippen LogP contribution < -0.4 is 0 Å². The molecule has 3 aromatic carbocycles. The first-order valence-corrected chi connectivity index (χ1v) is 6.49. The van der Waals surface area contributed by atoms with Crippen molar-refractivity contribution in [3.63, 3.8) is 0 Å². The highest BCUT2D eigenvalue weighted by Crippen LogP contribution is 2.38. The number of phenols is 1. The Bertz CT molecular complexity index is 762. The van der Waals surface area contributed by atoms with Gasteiger partial charge in [-0.2, -0.15) is 0 Å². The van der Waals surface area contributed by atoms with Crippen LogP contribution in [0.2, 0.25) is 0 Å². The van der Waals surface area contributed by atoms with Gasteiger partial charge in [0.25, 0.3) is 0 Å². The summed E-state index contributed by atoms with van der Waals surface area (Å²) in [5, 5.41) is 10.2. The average molecular weight is 282 g/mol. The lowest BCUT2D eigenvalue weighted by molar-refractivity contribution is 0.477. The summed E-state index contributed by atoms with van der Waals surface area (Å²) in [5.41, 5.74) is 2.85.